The Balaban J connectivity index is 1.84. The van der Waals surface area contributed by atoms with Crippen LogP contribution in [0.2, 0.25) is 5.02 Å². The van der Waals surface area contributed by atoms with Crippen LogP contribution in [0.5, 0.6) is 0 Å². The van der Waals surface area contributed by atoms with Gasteiger partial charge in [0.05, 0.1) is 43.7 Å². The fourth-order valence-electron chi connectivity index (χ4n) is 2.59. The van der Waals surface area contributed by atoms with E-state index in [4.69, 9.17) is 21.1 Å². The minimum Gasteiger partial charge on any atom is -0.378 e. The highest BCUT2D eigenvalue weighted by atomic mass is 35.5. The van der Waals surface area contributed by atoms with Crippen molar-refractivity contribution in [3.05, 3.63) is 16.9 Å². The van der Waals surface area contributed by atoms with Gasteiger partial charge in [0.2, 0.25) is 5.95 Å². The van der Waals surface area contributed by atoms with E-state index in [-0.39, 0.29) is 22.7 Å². The highest BCUT2D eigenvalue weighted by molar-refractivity contribution is 6.33. The summed E-state index contributed by atoms with van der Waals surface area (Å²) in [4.78, 5) is 25.1. The summed E-state index contributed by atoms with van der Waals surface area (Å²) in [5.74, 6) is 0.356. The largest absolute Gasteiger partial charge is 0.378 e. The number of nitrogens with zero attached hydrogens (tertiary/aromatic N) is 4. The number of carbonyl (C=O) groups is 1. The smallest absolute Gasteiger partial charge is 0.274 e. The van der Waals surface area contributed by atoms with Crippen molar-refractivity contribution in [2.75, 3.05) is 51.0 Å². The molecule has 2 fully saturated rings. The SMILES string of the molecule is C[C@@H]1COCCN1C(=O)c1nc(N2CCOCC2)ncc1Cl. The molecule has 22 heavy (non-hydrogen) atoms. The molecular formula is C14H19ClN4O3. The quantitative estimate of drug-likeness (QED) is 0.802. The van der Waals surface area contributed by atoms with Crippen molar-refractivity contribution in [3.63, 3.8) is 0 Å². The molecule has 0 aliphatic carbocycles. The summed E-state index contributed by atoms with van der Waals surface area (Å²) in [5, 5.41) is 0.278. The van der Waals surface area contributed by atoms with Crippen molar-refractivity contribution in [1.82, 2.24) is 14.9 Å². The summed E-state index contributed by atoms with van der Waals surface area (Å²) in [6.07, 6.45) is 1.50. The first-order chi connectivity index (χ1) is 10.7. The molecule has 2 saturated heterocycles. The lowest BCUT2D eigenvalue weighted by Gasteiger charge is -2.33. The Morgan fingerprint density at radius 3 is 2.73 bits per heavy atom. The lowest BCUT2D eigenvalue weighted by molar-refractivity contribution is 0.00327. The molecule has 1 aromatic rings. The van der Waals surface area contributed by atoms with Crippen LogP contribution in [0.3, 0.4) is 0 Å². The van der Waals surface area contributed by atoms with E-state index in [1.807, 2.05) is 11.8 Å². The molecule has 0 aromatic carbocycles. The van der Waals surface area contributed by atoms with Crippen molar-refractivity contribution in [2.24, 2.45) is 0 Å². The minimum atomic E-state index is -0.169. The fourth-order valence-corrected chi connectivity index (χ4v) is 2.76. The van der Waals surface area contributed by atoms with Gasteiger partial charge in [0.15, 0.2) is 5.69 Å². The maximum Gasteiger partial charge on any atom is 0.274 e. The summed E-state index contributed by atoms with van der Waals surface area (Å²) < 4.78 is 10.7. The van der Waals surface area contributed by atoms with Gasteiger partial charge in [0, 0.05) is 19.6 Å². The van der Waals surface area contributed by atoms with Crippen LogP contribution < -0.4 is 4.90 Å². The molecule has 0 bridgehead atoms. The van der Waals surface area contributed by atoms with Gasteiger partial charge >= 0.3 is 0 Å². The lowest BCUT2D eigenvalue weighted by Crippen LogP contribution is -2.47. The molecular weight excluding hydrogens is 308 g/mol. The van der Waals surface area contributed by atoms with Gasteiger partial charge in [-0.25, -0.2) is 9.97 Å². The predicted molar refractivity (Wildman–Crippen MR) is 81.4 cm³/mol. The molecule has 120 valence electrons. The number of carbonyl (C=O) groups excluding carboxylic acids is 1. The minimum absolute atomic E-state index is 0.0131. The molecule has 7 nitrogen and oxygen atoms in total. The highest BCUT2D eigenvalue weighted by Crippen LogP contribution is 2.20. The molecule has 0 spiro atoms. The average molecular weight is 327 g/mol. The first kappa shape index (κ1) is 15.5. The molecule has 0 unspecified atom stereocenters. The van der Waals surface area contributed by atoms with Crippen LogP contribution in [0.15, 0.2) is 6.20 Å². The number of ether oxygens (including phenoxy) is 2. The van der Waals surface area contributed by atoms with E-state index in [1.54, 1.807) is 4.90 Å². The van der Waals surface area contributed by atoms with E-state index in [0.717, 1.165) is 0 Å². The predicted octanol–water partition coefficient (Wildman–Crippen LogP) is 0.828. The number of halogens is 1. The second kappa shape index (κ2) is 6.76. The van der Waals surface area contributed by atoms with Crippen LogP contribution in [0.1, 0.15) is 17.4 Å². The highest BCUT2D eigenvalue weighted by Gasteiger charge is 2.28. The van der Waals surface area contributed by atoms with Crippen molar-refractivity contribution in [3.8, 4) is 0 Å². The van der Waals surface area contributed by atoms with Gasteiger partial charge < -0.3 is 19.3 Å². The first-order valence-electron chi connectivity index (χ1n) is 7.41. The molecule has 0 saturated carbocycles. The van der Waals surface area contributed by atoms with Crippen LogP contribution in [0.4, 0.5) is 5.95 Å². The van der Waals surface area contributed by atoms with Crippen LogP contribution in [0.25, 0.3) is 0 Å². The Labute approximate surface area is 134 Å². The third kappa shape index (κ3) is 3.16. The summed E-state index contributed by atoms with van der Waals surface area (Å²) >= 11 is 6.15. The van der Waals surface area contributed by atoms with Crippen molar-refractivity contribution in [1.29, 1.82) is 0 Å². The zero-order valence-electron chi connectivity index (χ0n) is 12.5. The molecule has 8 heteroatoms. The number of aromatic nitrogens is 2. The second-order valence-electron chi connectivity index (χ2n) is 5.39. The van der Waals surface area contributed by atoms with E-state index < -0.39 is 0 Å². The summed E-state index contributed by atoms with van der Waals surface area (Å²) in [5.41, 5.74) is 0.256. The second-order valence-corrected chi connectivity index (χ2v) is 5.80. The Kier molecular flexibility index (Phi) is 4.75. The van der Waals surface area contributed by atoms with E-state index in [0.29, 0.717) is 52.0 Å². The first-order valence-corrected chi connectivity index (χ1v) is 7.78. The van der Waals surface area contributed by atoms with Gasteiger partial charge in [0.1, 0.15) is 0 Å². The number of rotatable bonds is 2. The molecule has 0 N–H and O–H groups in total. The number of anilines is 1. The summed E-state index contributed by atoms with van der Waals surface area (Å²) in [6, 6.07) is 0.0131. The van der Waals surface area contributed by atoms with E-state index in [1.165, 1.54) is 6.20 Å². The standard InChI is InChI=1S/C14H19ClN4O3/c1-10-9-22-7-4-19(10)13(20)12-11(15)8-16-14(17-12)18-2-5-21-6-3-18/h8,10H,2-7,9H2,1H3/t10-/m1/s1. The van der Waals surface area contributed by atoms with Crippen LogP contribution in [-0.4, -0.2) is 72.9 Å². The maximum atomic E-state index is 12.7. The van der Waals surface area contributed by atoms with Gasteiger partial charge in [-0.1, -0.05) is 11.6 Å². The van der Waals surface area contributed by atoms with E-state index in [9.17, 15) is 4.79 Å². The molecule has 2 aliphatic rings. The van der Waals surface area contributed by atoms with E-state index in [2.05, 4.69) is 9.97 Å². The third-order valence-corrected chi connectivity index (χ3v) is 4.13. The maximum absolute atomic E-state index is 12.7. The van der Waals surface area contributed by atoms with Gasteiger partial charge in [0.25, 0.3) is 5.91 Å². The third-order valence-electron chi connectivity index (χ3n) is 3.86. The molecule has 1 aromatic heterocycles. The van der Waals surface area contributed by atoms with Crippen molar-refractivity contribution < 1.29 is 14.3 Å². The van der Waals surface area contributed by atoms with Gasteiger partial charge in [-0.2, -0.15) is 0 Å². The monoisotopic (exact) mass is 326 g/mol. The Bertz CT molecular complexity index is 551. The topological polar surface area (TPSA) is 67.8 Å². The van der Waals surface area contributed by atoms with E-state index >= 15 is 0 Å². The molecule has 1 amide bonds. The molecule has 1 atom stereocenters. The Morgan fingerprint density at radius 1 is 1.27 bits per heavy atom. The number of morpholine rings is 2. The lowest BCUT2D eigenvalue weighted by atomic mass is 10.2. The Hall–Kier alpha value is -1.44. The molecule has 2 aliphatic heterocycles. The van der Waals surface area contributed by atoms with Crippen LogP contribution >= 0.6 is 11.6 Å². The zero-order valence-corrected chi connectivity index (χ0v) is 13.3. The van der Waals surface area contributed by atoms with Gasteiger partial charge in [-0.05, 0) is 6.92 Å². The van der Waals surface area contributed by atoms with Crippen molar-refractivity contribution >= 4 is 23.5 Å². The van der Waals surface area contributed by atoms with Crippen molar-refractivity contribution in [2.45, 2.75) is 13.0 Å². The van der Waals surface area contributed by atoms with Crippen LogP contribution in [0, 0.1) is 0 Å². The van der Waals surface area contributed by atoms with Gasteiger partial charge in [-0.3, -0.25) is 4.79 Å². The molecule has 3 heterocycles. The fraction of sp³-hybridized carbons (Fsp3) is 0.643. The summed E-state index contributed by atoms with van der Waals surface area (Å²) in [6.45, 7) is 6.26. The molecule has 3 rings (SSSR count). The summed E-state index contributed by atoms with van der Waals surface area (Å²) in [7, 11) is 0. The van der Waals surface area contributed by atoms with Gasteiger partial charge in [-0.15, -0.1) is 0 Å². The molecule has 0 radical (unpaired) electrons. The normalized spacial score (nSPS) is 22.7. The van der Waals surface area contributed by atoms with Crippen LogP contribution in [-0.2, 0) is 9.47 Å². The zero-order chi connectivity index (χ0) is 15.5. The number of hydrogen-bond donors (Lipinski definition) is 0. The number of hydrogen-bond acceptors (Lipinski definition) is 6. The Morgan fingerprint density at radius 2 is 2.00 bits per heavy atom. The average Bonchev–Trinajstić information content (AvgIpc) is 2.56. The number of amides is 1.